The quantitative estimate of drug-likeness (QED) is 0.636. The Labute approximate surface area is 170 Å². The molecule has 0 unspecified atom stereocenters. The van der Waals surface area contributed by atoms with E-state index in [1.807, 2.05) is 44.2 Å². The van der Waals surface area contributed by atoms with E-state index in [1.54, 1.807) is 32.5 Å². The third-order valence-corrected chi connectivity index (χ3v) is 4.51. The van der Waals surface area contributed by atoms with Gasteiger partial charge in [-0.3, -0.25) is 4.79 Å². The molecule has 1 heterocycles. The van der Waals surface area contributed by atoms with Crippen LogP contribution in [-0.2, 0) is 6.54 Å². The van der Waals surface area contributed by atoms with Crippen LogP contribution in [-0.4, -0.2) is 30.1 Å². The van der Waals surface area contributed by atoms with Crippen molar-refractivity contribution in [2.24, 2.45) is 0 Å². The van der Waals surface area contributed by atoms with Crippen molar-refractivity contribution >= 4 is 17.5 Å². The number of carbonyl (C=O) groups excluding carboxylic acids is 1. The smallest absolute Gasteiger partial charge is 0.270 e. The highest BCUT2D eigenvalue weighted by atomic mass is 16.5. The molecule has 0 atom stereocenters. The minimum absolute atomic E-state index is 0.285. The lowest BCUT2D eigenvalue weighted by Crippen LogP contribution is -2.24. The van der Waals surface area contributed by atoms with Crippen LogP contribution in [0, 0.1) is 13.8 Å². The molecule has 0 radical (unpaired) electrons. The van der Waals surface area contributed by atoms with Gasteiger partial charge in [-0.15, -0.1) is 0 Å². The van der Waals surface area contributed by atoms with Crippen molar-refractivity contribution in [2.75, 3.05) is 19.5 Å². The van der Waals surface area contributed by atoms with Gasteiger partial charge in [-0.2, -0.15) is 0 Å². The van der Waals surface area contributed by atoms with Crippen molar-refractivity contribution in [2.45, 2.75) is 20.4 Å². The van der Waals surface area contributed by atoms with Crippen molar-refractivity contribution in [1.29, 1.82) is 0 Å². The fourth-order valence-corrected chi connectivity index (χ4v) is 2.93. The summed E-state index contributed by atoms with van der Waals surface area (Å²) in [6.07, 6.45) is 1.56. The molecule has 1 aromatic heterocycles. The average Bonchev–Trinajstić information content (AvgIpc) is 2.74. The zero-order valence-electron chi connectivity index (χ0n) is 16.9. The molecule has 29 heavy (non-hydrogen) atoms. The Morgan fingerprint density at radius 3 is 2.41 bits per heavy atom. The molecule has 3 rings (SSSR count). The highest BCUT2D eigenvalue weighted by Gasteiger charge is 2.11. The maximum Gasteiger partial charge on any atom is 0.270 e. The van der Waals surface area contributed by atoms with Gasteiger partial charge in [0.2, 0.25) is 5.95 Å². The number of carbonyl (C=O) groups is 1. The minimum Gasteiger partial charge on any atom is -0.493 e. The second kappa shape index (κ2) is 9.05. The second-order valence-electron chi connectivity index (χ2n) is 6.53. The van der Waals surface area contributed by atoms with E-state index in [4.69, 9.17) is 9.47 Å². The van der Waals surface area contributed by atoms with Crippen molar-refractivity contribution in [3.05, 3.63) is 71.0 Å². The summed E-state index contributed by atoms with van der Waals surface area (Å²) in [5.74, 6) is 1.34. The van der Waals surface area contributed by atoms with E-state index < -0.39 is 0 Å². The van der Waals surface area contributed by atoms with Crippen LogP contribution in [0.5, 0.6) is 11.5 Å². The summed E-state index contributed by atoms with van der Waals surface area (Å²) < 4.78 is 10.5. The van der Waals surface area contributed by atoms with Gasteiger partial charge in [-0.25, -0.2) is 9.97 Å². The number of para-hydroxylation sites is 1. The van der Waals surface area contributed by atoms with Crippen LogP contribution in [0.2, 0.25) is 0 Å². The number of anilines is 2. The normalized spacial score (nSPS) is 10.3. The fraction of sp³-hybridized carbons (Fsp3) is 0.227. The number of benzene rings is 2. The summed E-state index contributed by atoms with van der Waals surface area (Å²) in [5, 5.41) is 6.07. The molecular weight excluding hydrogens is 368 g/mol. The Kier molecular flexibility index (Phi) is 6.29. The first-order valence-electron chi connectivity index (χ1n) is 9.17. The van der Waals surface area contributed by atoms with Crippen LogP contribution in [0.15, 0.2) is 48.7 Å². The number of hydrogen-bond donors (Lipinski definition) is 2. The maximum atomic E-state index is 12.5. The van der Waals surface area contributed by atoms with Crippen molar-refractivity contribution in [1.82, 2.24) is 15.3 Å². The lowest BCUT2D eigenvalue weighted by molar-refractivity contribution is 0.0946. The molecule has 0 spiro atoms. The minimum atomic E-state index is -0.285. The van der Waals surface area contributed by atoms with E-state index in [0.717, 1.165) is 22.4 Å². The van der Waals surface area contributed by atoms with Crippen LogP contribution in [0.3, 0.4) is 0 Å². The Morgan fingerprint density at radius 2 is 1.72 bits per heavy atom. The zero-order chi connectivity index (χ0) is 20.8. The van der Waals surface area contributed by atoms with E-state index in [-0.39, 0.29) is 11.6 Å². The van der Waals surface area contributed by atoms with E-state index in [0.29, 0.717) is 24.0 Å². The molecule has 7 heteroatoms. The molecule has 2 N–H and O–H groups in total. The number of hydrogen-bond acceptors (Lipinski definition) is 6. The first-order chi connectivity index (χ1) is 14.0. The first kappa shape index (κ1) is 20.1. The molecular formula is C22H24N4O3. The van der Waals surface area contributed by atoms with Gasteiger partial charge < -0.3 is 20.1 Å². The number of nitrogens with one attached hydrogen (secondary N) is 2. The SMILES string of the molecule is COc1ccc(CNC(=O)c2ccnc(Nc3c(C)cccc3C)n2)cc1OC. The van der Waals surface area contributed by atoms with E-state index in [2.05, 4.69) is 20.6 Å². The Bertz CT molecular complexity index is 1000. The highest BCUT2D eigenvalue weighted by molar-refractivity contribution is 5.92. The number of amides is 1. The van der Waals surface area contributed by atoms with Gasteiger partial charge in [-0.05, 0) is 48.7 Å². The topological polar surface area (TPSA) is 85.4 Å². The Hall–Kier alpha value is -3.61. The number of methoxy groups -OCH3 is 2. The lowest BCUT2D eigenvalue weighted by Gasteiger charge is -2.12. The first-order valence-corrected chi connectivity index (χ1v) is 9.17. The van der Waals surface area contributed by atoms with Gasteiger partial charge in [0.25, 0.3) is 5.91 Å². The average molecular weight is 392 g/mol. The predicted molar refractivity (Wildman–Crippen MR) is 112 cm³/mol. The number of aryl methyl sites for hydroxylation is 2. The molecule has 3 aromatic rings. The van der Waals surface area contributed by atoms with Crippen molar-refractivity contribution in [3.8, 4) is 11.5 Å². The number of ether oxygens (including phenoxy) is 2. The van der Waals surface area contributed by atoms with Crippen molar-refractivity contribution < 1.29 is 14.3 Å². The molecule has 2 aromatic carbocycles. The number of rotatable bonds is 7. The summed E-state index contributed by atoms with van der Waals surface area (Å²) in [6.45, 7) is 4.35. The number of aromatic nitrogens is 2. The third kappa shape index (κ3) is 4.82. The van der Waals surface area contributed by atoms with Crippen LogP contribution >= 0.6 is 0 Å². The maximum absolute atomic E-state index is 12.5. The molecule has 0 aliphatic carbocycles. The summed E-state index contributed by atoms with van der Waals surface area (Å²) >= 11 is 0. The van der Waals surface area contributed by atoms with Crippen molar-refractivity contribution in [3.63, 3.8) is 0 Å². The van der Waals surface area contributed by atoms with Gasteiger partial charge in [0.1, 0.15) is 5.69 Å². The van der Waals surface area contributed by atoms with Crippen LogP contribution in [0.1, 0.15) is 27.2 Å². The van der Waals surface area contributed by atoms with Crippen LogP contribution in [0.4, 0.5) is 11.6 Å². The molecule has 0 aliphatic heterocycles. The summed E-state index contributed by atoms with van der Waals surface area (Å²) in [7, 11) is 3.16. The number of nitrogens with zero attached hydrogens (tertiary/aromatic N) is 2. The van der Waals surface area contributed by atoms with E-state index in [1.165, 1.54) is 0 Å². The molecule has 0 saturated carbocycles. The van der Waals surface area contributed by atoms with Crippen LogP contribution < -0.4 is 20.1 Å². The standard InChI is InChI=1S/C22H24N4O3/c1-14-6-5-7-15(2)20(14)26-22-23-11-10-17(25-22)21(27)24-13-16-8-9-18(28-3)19(12-16)29-4/h5-12H,13H2,1-4H3,(H,24,27)(H,23,25,26). The summed E-state index contributed by atoms with van der Waals surface area (Å²) in [6, 6.07) is 13.1. The molecule has 0 fully saturated rings. The van der Waals surface area contributed by atoms with Gasteiger partial charge in [0.05, 0.1) is 14.2 Å². The predicted octanol–water partition coefficient (Wildman–Crippen LogP) is 3.78. The lowest BCUT2D eigenvalue weighted by atomic mass is 10.1. The monoisotopic (exact) mass is 392 g/mol. The Balaban J connectivity index is 1.70. The molecule has 1 amide bonds. The Morgan fingerprint density at radius 1 is 1.00 bits per heavy atom. The largest absolute Gasteiger partial charge is 0.493 e. The van der Waals surface area contributed by atoms with Crippen LogP contribution in [0.25, 0.3) is 0 Å². The van der Waals surface area contributed by atoms with Gasteiger partial charge in [-0.1, -0.05) is 24.3 Å². The van der Waals surface area contributed by atoms with E-state index >= 15 is 0 Å². The molecule has 0 aliphatic rings. The molecule has 7 nitrogen and oxygen atoms in total. The summed E-state index contributed by atoms with van der Waals surface area (Å²) in [4.78, 5) is 21.1. The highest BCUT2D eigenvalue weighted by Crippen LogP contribution is 2.27. The van der Waals surface area contributed by atoms with Gasteiger partial charge in [0.15, 0.2) is 11.5 Å². The molecule has 0 bridgehead atoms. The molecule has 150 valence electrons. The zero-order valence-corrected chi connectivity index (χ0v) is 16.9. The molecule has 0 saturated heterocycles. The summed E-state index contributed by atoms with van der Waals surface area (Å²) in [5.41, 5.74) is 4.28. The van der Waals surface area contributed by atoms with Gasteiger partial charge in [0, 0.05) is 18.4 Å². The third-order valence-electron chi connectivity index (χ3n) is 4.51. The second-order valence-corrected chi connectivity index (χ2v) is 6.53. The fourth-order valence-electron chi connectivity index (χ4n) is 2.93. The van der Waals surface area contributed by atoms with E-state index in [9.17, 15) is 4.79 Å². The van der Waals surface area contributed by atoms with Gasteiger partial charge >= 0.3 is 0 Å².